The fraction of sp³-hybridized carbons (Fsp3) is 0.688. The number of pyridine rings is 1. The molecule has 1 atom stereocenters. The van der Waals surface area contributed by atoms with Crippen LogP contribution in [0.2, 0.25) is 0 Å². The Morgan fingerprint density at radius 1 is 1.40 bits per heavy atom. The summed E-state index contributed by atoms with van der Waals surface area (Å²) >= 11 is 0. The van der Waals surface area contributed by atoms with Gasteiger partial charge in [0.05, 0.1) is 17.6 Å². The Hall–Kier alpha value is -1.13. The molecule has 1 aliphatic rings. The standard InChI is InChI=1S/C16H28N4/c1-4-15(17)16-6-5-14(11-18-16)20(3)12-13-7-9-19(2)10-8-13/h5-6,11,13,15H,4,7-10,12,17H2,1-3H3. The van der Waals surface area contributed by atoms with Gasteiger partial charge in [0.25, 0.3) is 0 Å². The molecule has 0 aromatic carbocycles. The number of hydrogen-bond acceptors (Lipinski definition) is 4. The quantitative estimate of drug-likeness (QED) is 0.896. The lowest BCUT2D eigenvalue weighted by molar-refractivity contribution is 0.222. The Bertz CT molecular complexity index is 395. The van der Waals surface area contributed by atoms with Gasteiger partial charge >= 0.3 is 0 Å². The zero-order valence-corrected chi connectivity index (χ0v) is 13.0. The smallest absolute Gasteiger partial charge is 0.0572 e. The Morgan fingerprint density at radius 3 is 2.65 bits per heavy atom. The molecule has 2 N–H and O–H groups in total. The highest BCUT2D eigenvalue weighted by Gasteiger charge is 2.18. The van der Waals surface area contributed by atoms with Gasteiger partial charge in [0, 0.05) is 19.6 Å². The second-order valence-electron chi connectivity index (χ2n) is 6.08. The summed E-state index contributed by atoms with van der Waals surface area (Å²) in [4.78, 5) is 9.24. The first kappa shape index (κ1) is 15.3. The van der Waals surface area contributed by atoms with Crippen LogP contribution in [0.4, 0.5) is 5.69 Å². The van der Waals surface area contributed by atoms with E-state index >= 15 is 0 Å². The molecule has 4 nitrogen and oxygen atoms in total. The molecule has 1 unspecified atom stereocenters. The number of nitrogens with zero attached hydrogens (tertiary/aromatic N) is 3. The highest BCUT2D eigenvalue weighted by atomic mass is 15.1. The first-order valence-corrected chi connectivity index (χ1v) is 7.71. The number of nitrogens with two attached hydrogens (primary N) is 1. The fourth-order valence-corrected chi connectivity index (χ4v) is 2.79. The maximum atomic E-state index is 6.00. The van der Waals surface area contributed by atoms with E-state index in [0.29, 0.717) is 0 Å². The van der Waals surface area contributed by atoms with Crippen LogP contribution in [0.15, 0.2) is 18.3 Å². The van der Waals surface area contributed by atoms with Gasteiger partial charge in [-0.3, -0.25) is 4.98 Å². The summed E-state index contributed by atoms with van der Waals surface area (Å²) in [7, 11) is 4.37. The van der Waals surface area contributed by atoms with Crippen LogP contribution < -0.4 is 10.6 Å². The topological polar surface area (TPSA) is 45.4 Å². The lowest BCUT2D eigenvalue weighted by atomic mass is 9.96. The van der Waals surface area contributed by atoms with Crippen molar-refractivity contribution in [3.63, 3.8) is 0 Å². The SMILES string of the molecule is CCC(N)c1ccc(N(C)CC2CCN(C)CC2)cn1. The number of hydrogen-bond donors (Lipinski definition) is 1. The molecule has 2 rings (SSSR count). The van der Waals surface area contributed by atoms with E-state index in [0.717, 1.165) is 24.6 Å². The van der Waals surface area contributed by atoms with E-state index in [4.69, 9.17) is 5.73 Å². The molecule has 0 amide bonds. The van der Waals surface area contributed by atoms with Crippen molar-refractivity contribution in [2.24, 2.45) is 11.7 Å². The molecule has 0 bridgehead atoms. The van der Waals surface area contributed by atoms with Crippen LogP contribution >= 0.6 is 0 Å². The van der Waals surface area contributed by atoms with Gasteiger partial charge in [0.1, 0.15) is 0 Å². The average Bonchev–Trinajstić information content (AvgIpc) is 2.49. The van der Waals surface area contributed by atoms with E-state index in [-0.39, 0.29) is 6.04 Å². The Labute approximate surface area is 123 Å². The van der Waals surface area contributed by atoms with Crippen molar-refractivity contribution in [3.8, 4) is 0 Å². The summed E-state index contributed by atoms with van der Waals surface area (Å²) in [5.41, 5.74) is 8.18. The van der Waals surface area contributed by atoms with Crippen LogP contribution in [-0.4, -0.2) is 43.6 Å². The Kier molecular flexibility index (Phi) is 5.38. The van der Waals surface area contributed by atoms with Crippen LogP contribution in [0.5, 0.6) is 0 Å². The summed E-state index contributed by atoms with van der Waals surface area (Å²) in [5.74, 6) is 0.800. The fourth-order valence-electron chi connectivity index (χ4n) is 2.79. The van der Waals surface area contributed by atoms with Gasteiger partial charge in [0.2, 0.25) is 0 Å². The largest absolute Gasteiger partial charge is 0.373 e. The van der Waals surface area contributed by atoms with Crippen LogP contribution in [-0.2, 0) is 0 Å². The number of piperidine rings is 1. The molecule has 2 heterocycles. The van der Waals surface area contributed by atoms with Crippen molar-refractivity contribution in [3.05, 3.63) is 24.0 Å². The summed E-state index contributed by atoms with van der Waals surface area (Å²) in [6.07, 6.45) is 5.48. The van der Waals surface area contributed by atoms with Crippen molar-refractivity contribution in [2.75, 3.05) is 38.6 Å². The zero-order chi connectivity index (χ0) is 14.5. The second-order valence-corrected chi connectivity index (χ2v) is 6.08. The Morgan fingerprint density at radius 2 is 2.10 bits per heavy atom. The molecule has 1 fully saturated rings. The first-order chi connectivity index (χ1) is 9.60. The average molecular weight is 276 g/mol. The molecule has 1 aromatic rings. The van der Waals surface area contributed by atoms with Crippen LogP contribution in [0, 0.1) is 5.92 Å². The van der Waals surface area contributed by atoms with Crippen molar-refractivity contribution in [1.82, 2.24) is 9.88 Å². The number of likely N-dealkylation sites (tertiary alicyclic amines) is 1. The summed E-state index contributed by atoms with van der Waals surface area (Å²) in [5, 5.41) is 0. The summed E-state index contributed by atoms with van der Waals surface area (Å²) in [6.45, 7) is 5.66. The maximum absolute atomic E-state index is 6.00. The van der Waals surface area contributed by atoms with Crippen molar-refractivity contribution in [2.45, 2.75) is 32.2 Å². The minimum atomic E-state index is 0.0586. The Balaban J connectivity index is 1.90. The van der Waals surface area contributed by atoms with E-state index in [2.05, 4.69) is 47.9 Å². The lowest BCUT2D eigenvalue weighted by Gasteiger charge is -2.32. The molecule has 1 aromatic heterocycles. The van der Waals surface area contributed by atoms with E-state index in [1.54, 1.807) is 0 Å². The molecule has 20 heavy (non-hydrogen) atoms. The van der Waals surface area contributed by atoms with Crippen LogP contribution in [0.25, 0.3) is 0 Å². The molecule has 1 aliphatic heterocycles. The maximum Gasteiger partial charge on any atom is 0.0572 e. The third kappa shape index (κ3) is 3.93. The summed E-state index contributed by atoms with van der Waals surface area (Å²) < 4.78 is 0. The molecule has 4 heteroatoms. The van der Waals surface area contributed by atoms with E-state index < -0.39 is 0 Å². The van der Waals surface area contributed by atoms with Gasteiger partial charge in [-0.25, -0.2) is 0 Å². The third-order valence-electron chi connectivity index (χ3n) is 4.40. The molecular weight excluding hydrogens is 248 g/mol. The van der Waals surface area contributed by atoms with Gasteiger partial charge in [-0.05, 0) is 57.5 Å². The predicted octanol–water partition coefficient (Wildman–Crippen LogP) is 2.27. The summed E-state index contributed by atoms with van der Waals surface area (Å²) in [6, 6.07) is 4.27. The van der Waals surface area contributed by atoms with E-state index in [1.165, 1.54) is 31.6 Å². The molecular formula is C16H28N4. The molecule has 1 saturated heterocycles. The number of aromatic nitrogens is 1. The second kappa shape index (κ2) is 7.04. The van der Waals surface area contributed by atoms with E-state index in [1.807, 2.05) is 6.20 Å². The normalized spacial score (nSPS) is 19.0. The predicted molar refractivity (Wildman–Crippen MR) is 84.9 cm³/mol. The molecule has 0 aliphatic carbocycles. The van der Waals surface area contributed by atoms with Gasteiger partial charge in [-0.2, -0.15) is 0 Å². The minimum absolute atomic E-state index is 0.0586. The van der Waals surface area contributed by atoms with Gasteiger partial charge in [-0.15, -0.1) is 0 Å². The van der Waals surface area contributed by atoms with Crippen molar-refractivity contribution in [1.29, 1.82) is 0 Å². The molecule has 0 saturated carbocycles. The molecule has 0 radical (unpaired) electrons. The molecule has 0 spiro atoms. The van der Waals surface area contributed by atoms with Crippen LogP contribution in [0.1, 0.15) is 37.9 Å². The number of rotatable bonds is 5. The zero-order valence-electron chi connectivity index (χ0n) is 13.0. The van der Waals surface area contributed by atoms with Crippen LogP contribution in [0.3, 0.4) is 0 Å². The highest BCUT2D eigenvalue weighted by molar-refractivity contribution is 5.44. The minimum Gasteiger partial charge on any atom is -0.373 e. The highest BCUT2D eigenvalue weighted by Crippen LogP contribution is 2.21. The van der Waals surface area contributed by atoms with Gasteiger partial charge in [-0.1, -0.05) is 6.92 Å². The van der Waals surface area contributed by atoms with Gasteiger partial charge < -0.3 is 15.5 Å². The third-order valence-corrected chi connectivity index (χ3v) is 4.40. The van der Waals surface area contributed by atoms with Crippen molar-refractivity contribution < 1.29 is 0 Å². The monoisotopic (exact) mass is 276 g/mol. The number of anilines is 1. The van der Waals surface area contributed by atoms with E-state index in [9.17, 15) is 0 Å². The van der Waals surface area contributed by atoms with Crippen molar-refractivity contribution >= 4 is 5.69 Å². The molecule has 112 valence electrons. The first-order valence-electron chi connectivity index (χ1n) is 7.71. The van der Waals surface area contributed by atoms with Gasteiger partial charge in [0.15, 0.2) is 0 Å². The lowest BCUT2D eigenvalue weighted by Crippen LogP contribution is -2.35.